The van der Waals surface area contributed by atoms with Gasteiger partial charge in [-0.1, -0.05) is 13.5 Å². The summed E-state index contributed by atoms with van der Waals surface area (Å²) in [5.41, 5.74) is 0.264. The molecule has 0 aromatic heterocycles. The van der Waals surface area contributed by atoms with E-state index in [0.29, 0.717) is 6.42 Å². The fourth-order valence-corrected chi connectivity index (χ4v) is 1.44. The average Bonchev–Trinajstić information content (AvgIpc) is 2.10. The van der Waals surface area contributed by atoms with Crippen LogP contribution in [0.2, 0.25) is 0 Å². The highest BCUT2D eigenvalue weighted by Crippen LogP contribution is 2.08. The Bertz CT molecular complexity index is 330. The van der Waals surface area contributed by atoms with Crippen molar-refractivity contribution in [3.05, 3.63) is 12.2 Å². The van der Waals surface area contributed by atoms with Crippen LogP contribution in [0.25, 0.3) is 0 Å². The Hall–Kier alpha value is -0.880. The van der Waals surface area contributed by atoms with Crippen molar-refractivity contribution in [3.8, 4) is 0 Å². The van der Waals surface area contributed by atoms with Gasteiger partial charge in [0.2, 0.25) is 0 Å². The fraction of sp³-hybridized carbons (Fsp3) is 0.667. The van der Waals surface area contributed by atoms with E-state index in [1.165, 1.54) is 6.92 Å². The maximum absolute atomic E-state index is 11.1. The highest BCUT2D eigenvalue weighted by Gasteiger charge is 2.16. The first-order chi connectivity index (χ1) is 6.76. The van der Waals surface area contributed by atoms with Gasteiger partial charge in [0.15, 0.2) is 0 Å². The minimum Gasteiger partial charge on any atom is -0.459 e. The number of carbonyl (C=O) groups is 1. The topological polar surface area (TPSA) is 80.7 Å². The molecule has 0 saturated heterocycles. The number of carbonyl (C=O) groups excluding carboxylic acids is 1. The molecule has 1 N–H and O–H groups in total. The summed E-state index contributed by atoms with van der Waals surface area (Å²) in [5.74, 6) is -0.952. The van der Waals surface area contributed by atoms with Crippen LogP contribution in [-0.2, 0) is 19.6 Å². The van der Waals surface area contributed by atoms with Crippen molar-refractivity contribution in [2.45, 2.75) is 32.8 Å². The maximum atomic E-state index is 11.1. The van der Waals surface area contributed by atoms with Gasteiger partial charge in [-0.15, -0.1) is 0 Å². The lowest BCUT2D eigenvalue weighted by molar-refractivity contribution is -0.144. The van der Waals surface area contributed by atoms with Crippen LogP contribution >= 0.6 is 0 Å². The zero-order valence-corrected chi connectivity index (χ0v) is 9.71. The van der Waals surface area contributed by atoms with Crippen molar-refractivity contribution >= 4 is 16.1 Å². The van der Waals surface area contributed by atoms with Crippen molar-refractivity contribution in [3.63, 3.8) is 0 Å². The molecule has 5 nitrogen and oxygen atoms in total. The molecule has 0 spiro atoms. The van der Waals surface area contributed by atoms with E-state index in [-0.39, 0.29) is 12.0 Å². The molecule has 0 heterocycles. The summed E-state index contributed by atoms with van der Waals surface area (Å²) in [6, 6.07) is 0. The van der Waals surface area contributed by atoms with E-state index in [1.54, 1.807) is 6.92 Å². The van der Waals surface area contributed by atoms with Gasteiger partial charge in [0.1, 0.15) is 6.10 Å². The zero-order chi connectivity index (χ0) is 12.1. The molecule has 0 aromatic rings. The van der Waals surface area contributed by atoms with Crippen molar-refractivity contribution in [1.29, 1.82) is 0 Å². The standard InChI is InChI=1S/C9H16O5S/c1-4-8(5-6-15(11,12)13)14-9(10)7(2)3/h8H,2,4-6H2,1,3H3,(H,11,12,13). The Balaban J connectivity index is 4.16. The summed E-state index contributed by atoms with van der Waals surface area (Å²) in [6.45, 7) is 6.69. The maximum Gasteiger partial charge on any atom is 0.333 e. The largest absolute Gasteiger partial charge is 0.459 e. The third kappa shape index (κ3) is 7.10. The molecule has 0 rings (SSSR count). The summed E-state index contributed by atoms with van der Waals surface area (Å²) >= 11 is 0. The SMILES string of the molecule is C=C(C)C(=O)OC(CC)CCS(=O)(=O)O. The van der Waals surface area contributed by atoms with E-state index < -0.39 is 27.9 Å². The average molecular weight is 236 g/mol. The number of rotatable bonds is 6. The van der Waals surface area contributed by atoms with Crippen molar-refractivity contribution in [2.24, 2.45) is 0 Å². The number of hydrogen-bond acceptors (Lipinski definition) is 4. The Kier molecular flexibility index (Phi) is 5.53. The Morgan fingerprint density at radius 1 is 1.53 bits per heavy atom. The van der Waals surface area contributed by atoms with Crippen LogP contribution in [0, 0.1) is 0 Å². The Morgan fingerprint density at radius 3 is 2.40 bits per heavy atom. The van der Waals surface area contributed by atoms with E-state index in [0.717, 1.165) is 0 Å². The van der Waals surface area contributed by atoms with Crippen LogP contribution in [0.5, 0.6) is 0 Å². The van der Waals surface area contributed by atoms with Gasteiger partial charge in [0.05, 0.1) is 5.75 Å². The smallest absolute Gasteiger partial charge is 0.333 e. The lowest BCUT2D eigenvalue weighted by Gasteiger charge is -2.15. The first-order valence-electron chi connectivity index (χ1n) is 4.58. The first kappa shape index (κ1) is 14.1. The predicted octanol–water partition coefficient (Wildman–Crippen LogP) is 1.16. The van der Waals surface area contributed by atoms with Crippen LogP contribution in [0.1, 0.15) is 26.7 Å². The minimum absolute atomic E-state index is 0.0916. The summed E-state index contributed by atoms with van der Waals surface area (Å²) in [4.78, 5) is 11.1. The van der Waals surface area contributed by atoms with Gasteiger partial charge >= 0.3 is 5.97 Å². The molecule has 1 unspecified atom stereocenters. The van der Waals surface area contributed by atoms with Gasteiger partial charge in [0, 0.05) is 12.0 Å². The number of hydrogen-bond donors (Lipinski definition) is 1. The van der Waals surface area contributed by atoms with Gasteiger partial charge < -0.3 is 4.74 Å². The molecule has 0 fully saturated rings. The molecular weight excluding hydrogens is 220 g/mol. The van der Waals surface area contributed by atoms with Crippen molar-refractivity contribution < 1.29 is 22.5 Å². The van der Waals surface area contributed by atoms with Crippen LogP contribution in [-0.4, -0.2) is 30.8 Å². The Morgan fingerprint density at radius 2 is 2.07 bits per heavy atom. The minimum atomic E-state index is -4.00. The summed E-state index contributed by atoms with van der Waals surface area (Å²) in [5, 5.41) is 0. The van der Waals surface area contributed by atoms with E-state index >= 15 is 0 Å². The van der Waals surface area contributed by atoms with E-state index in [4.69, 9.17) is 9.29 Å². The molecule has 0 amide bonds. The van der Waals surface area contributed by atoms with E-state index in [2.05, 4.69) is 6.58 Å². The summed E-state index contributed by atoms with van der Waals surface area (Å²) < 4.78 is 34.4. The highest BCUT2D eigenvalue weighted by molar-refractivity contribution is 7.85. The monoisotopic (exact) mass is 236 g/mol. The lowest BCUT2D eigenvalue weighted by atomic mass is 10.2. The molecular formula is C9H16O5S. The van der Waals surface area contributed by atoms with E-state index in [1.807, 2.05) is 0 Å². The van der Waals surface area contributed by atoms with Gasteiger partial charge in [0.25, 0.3) is 10.1 Å². The predicted molar refractivity (Wildman–Crippen MR) is 56.0 cm³/mol. The third-order valence-corrected chi connectivity index (χ3v) is 2.53. The molecule has 0 saturated carbocycles. The fourth-order valence-electron chi connectivity index (χ4n) is 0.879. The molecule has 6 heteroatoms. The van der Waals surface area contributed by atoms with Gasteiger partial charge in [-0.05, 0) is 13.3 Å². The van der Waals surface area contributed by atoms with E-state index in [9.17, 15) is 13.2 Å². The second kappa shape index (κ2) is 5.87. The molecule has 88 valence electrons. The normalized spacial score (nSPS) is 13.3. The van der Waals surface area contributed by atoms with Crippen LogP contribution in [0.15, 0.2) is 12.2 Å². The first-order valence-corrected chi connectivity index (χ1v) is 6.18. The molecule has 0 bridgehead atoms. The quantitative estimate of drug-likeness (QED) is 0.425. The van der Waals surface area contributed by atoms with Gasteiger partial charge in [-0.25, -0.2) is 4.79 Å². The van der Waals surface area contributed by atoms with Crippen molar-refractivity contribution in [2.75, 3.05) is 5.75 Å². The lowest BCUT2D eigenvalue weighted by Crippen LogP contribution is -2.21. The van der Waals surface area contributed by atoms with Crippen LogP contribution in [0.4, 0.5) is 0 Å². The molecule has 1 atom stereocenters. The van der Waals surface area contributed by atoms with Crippen LogP contribution in [0.3, 0.4) is 0 Å². The van der Waals surface area contributed by atoms with Crippen molar-refractivity contribution in [1.82, 2.24) is 0 Å². The van der Waals surface area contributed by atoms with Gasteiger partial charge in [-0.2, -0.15) is 8.42 Å². The highest BCUT2D eigenvalue weighted by atomic mass is 32.2. The molecule has 0 radical (unpaired) electrons. The zero-order valence-electron chi connectivity index (χ0n) is 8.89. The third-order valence-electron chi connectivity index (χ3n) is 1.78. The molecule has 0 aromatic carbocycles. The summed E-state index contributed by atoms with van der Waals surface area (Å²) in [7, 11) is -4.00. The number of esters is 1. The molecule has 0 aliphatic heterocycles. The molecule has 0 aliphatic carbocycles. The number of ether oxygens (including phenoxy) is 1. The second-order valence-corrected chi connectivity index (χ2v) is 4.86. The Labute approximate surface area is 89.9 Å². The molecule has 0 aliphatic rings. The van der Waals surface area contributed by atoms with Gasteiger partial charge in [-0.3, -0.25) is 4.55 Å². The van der Waals surface area contributed by atoms with Crippen LogP contribution < -0.4 is 0 Å². The second-order valence-electron chi connectivity index (χ2n) is 3.29. The molecule has 15 heavy (non-hydrogen) atoms. The summed E-state index contributed by atoms with van der Waals surface area (Å²) in [6.07, 6.45) is 0.0826.